The van der Waals surface area contributed by atoms with Gasteiger partial charge in [-0.25, -0.2) is 0 Å². The minimum Gasteiger partial charge on any atom is -0.491 e. The lowest BCUT2D eigenvalue weighted by Crippen LogP contribution is -2.18. The van der Waals surface area contributed by atoms with E-state index in [0.717, 1.165) is 12.2 Å². The molecule has 0 spiro atoms. The fraction of sp³-hybridized carbons (Fsp3) is 0.500. The van der Waals surface area contributed by atoms with Crippen molar-refractivity contribution in [3.8, 4) is 5.75 Å². The van der Waals surface area contributed by atoms with Crippen molar-refractivity contribution in [1.29, 1.82) is 0 Å². The molecule has 0 unspecified atom stereocenters. The highest BCUT2D eigenvalue weighted by molar-refractivity contribution is 6.18. The lowest BCUT2D eigenvalue weighted by Gasteiger charge is -2.10. The van der Waals surface area contributed by atoms with E-state index in [1.165, 1.54) is 5.56 Å². The average molecular weight is 245 g/mol. The summed E-state index contributed by atoms with van der Waals surface area (Å²) in [6.07, 6.45) is 0.274. The third-order valence-electron chi connectivity index (χ3n) is 2.14. The quantitative estimate of drug-likeness (QED) is 0.744. The third-order valence-corrected chi connectivity index (χ3v) is 2.49. The molecular formula is C12H17ClO3. The van der Waals surface area contributed by atoms with Gasteiger partial charge in [-0.2, -0.15) is 0 Å². The molecule has 4 heteroatoms. The number of alkyl halides is 1. The summed E-state index contributed by atoms with van der Waals surface area (Å²) in [4.78, 5) is 0. The summed E-state index contributed by atoms with van der Waals surface area (Å²) in [5, 5.41) is 9.22. The van der Waals surface area contributed by atoms with Gasteiger partial charge in [0.2, 0.25) is 0 Å². The molecule has 0 aliphatic heterocycles. The molecule has 0 aliphatic carbocycles. The van der Waals surface area contributed by atoms with E-state index in [9.17, 15) is 5.11 Å². The number of hydrogen-bond donors (Lipinski definition) is 1. The molecule has 16 heavy (non-hydrogen) atoms. The molecule has 1 atom stereocenters. The van der Waals surface area contributed by atoms with Gasteiger partial charge in [0.25, 0.3) is 0 Å². The van der Waals surface area contributed by atoms with Crippen molar-refractivity contribution in [2.45, 2.75) is 12.5 Å². The fourth-order valence-corrected chi connectivity index (χ4v) is 1.30. The van der Waals surface area contributed by atoms with E-state index < -0.39 is 6.10 Å². The predicted molar refractivity (Wildman–Crippen MR) is 64.2 cm³/mol. The van der Waals surface area contributed by atoms with Crippen LogP contribution in [0.1, 0.15) is 5.56 Å². The molecule has 1 aromatic carbocycles. The van der Waals surface area contributed by atoms with Gasteiger partial charge in [0.15, 0.2) is 0 Å². The molecule has 0 aliphatic rings. The van der Waals surface area contributed by atoms with E-state index in [1.807, 2.05) is 24.3 Å². The number of hydrogen-bond acceptors (Lipinski definition) is 3. The summed E-state index contributed by atoms with van der Waals surface area (Å²) in [5.74, 6) is 0.927. The zero-order chi connectivity index (χ0) is 11.8. The molecule has 1 N–H and O–H groups in total. The highest BCUT2D eigenvalue weighted by Crippen LogP contribution is 2.13. The summed E-state index contributed by atoms with van der Waals surface area (Å²) in [6, 6.07) is 7.74. The minimum absolute atomic E-state index is 0.186. The van der Waals surface area contributed by atoms with Crippen LogP contribution in [0.5, 0.6) is 5.75 Å². The Morgan fingerprint density at radius 1 is 1.31 bits per heavy atom. The van der Waals surface area contributed by atoms with Crippen LogP contribution < -0.4 is 4.74 Å². The van der Waals surface area contributed by atoms with E-state index in [0.29, 0.717) is 6.61 Å². The number of rotatable bonds is 7. The van der Waals surface area contributed by atoms with Gasteiger partial charge < -0.3 is 14.6 Å². The van der Waals surface area contributed by atoms with E-state index in [4.69, 9.17) is 21.1 Å². The summed E-state index contributed by atoms with van der Waals surface area (Å²) in [7, 11) is 1.69. The van der Waals surface area contributed by atoms with Crippen LogP contribution in [0, 0.1) is 0 Å². The van der Waals surface area contributed by atoms with Crippen molar-refractivity contribution < 1.29 is 14.6 Å². The Hall–Kier alpha value is -0.770. The monoisotopic (exact) mass is 244 g/mol. The maximum atomic E-state index is 9.22. The first-order valence-corrected chi connectivity index (χ1v) is 5.74. The number of methoxy groups -OCH3 is 1. The van der Waals surface area contributed by atoms with Crippen LogP contribution in [0.15, 0.2) is 24.3 Å². The number of aliphatic hydroxyl groups is 1. The van der Waals surface area contributed by atoms with Crippen LogP contribution in [0.2, 0.25) is 0 Å². The normalized spacial score (nSPS) is 12.4. The molecule has 0 radical (unpaired) electrons. The van der Waals surface area contributed by atoms with Crippen molar-refractivity contribution in [1.82, 2.24) is 0 Å². The lowest BCUT2D eigenvalue weighted by molar-refractivity contribution is 0.125. The largest absolute Gasteiger partial charge is 0.491 e. The lowest BCUT2D eigenvalue weighted by atomic mass is 10.1. The Labute approximate surface area is 101 Å². The maximum Gasteiger partial charge on any atom is 0.119 e. The summed E-state index contributed by atoms with van der Waals surface area (Å²) in [6.45, 7) is 0.937. The Bertz CT molecular complexity index is 287. The molecule has 1 rings (SSSR count). The first-order valence-electron chi connectivity index (χ1n) is 5.21. The topological polar surface area (TPSA) is 38.7 Å². The molecule has 0 bridgehead atoms. The summed E-state index contributed by atoms with van der Waals surface area (Å²) >= 11 is 5.46. The molecule has 0 saturated carbocycles. The maximum absolute atomic E-state index is 9.22. The summed E-state index contributed by atoms with van der Waals surface area (Å²) < 4.78 is 10.3. The van der Waals surface area contributed by atoms with Crippen molar-refractivity contribution >= 4 is 11.6 Å². The molecule has 0 heterocycles. The second-order valence-electron chi connectivity index (χ2n) is 3.51. The van der Waals surface area contributed by atoms with Gasteiger partial charge >= 0.3 is 0 Å². The molecular weight excluding hydrogens is 228 g/mol. The molecule has 3 nitrogen and oxygen atoms in total. The molecule has 0 saturated heterocycles. The SMILES string of the molecule is COCCc1ccc(OC[C@H](O)CCl)cc1. The smallest absolute Gasteiger partial charge is 0.119 e. The molecule has 1 aromatic rings. The van der Waals surface area contributed by atoms with Crippen LogP contribution in [-0.4, -0.2) is 37.4 Å². The standard InChI is InChI=1S/C12H17ClO3/c1-15-7-6-10-2-4-12(5-3-10)16-9-11(14)8-13/h2-5,11,14H,6-9H2,1H3/t11-/m1/s1. The van der Waals surface area contributed by atoms with Gasteiger partial charge in [-0.15, -0.1) is 11.6 Å². The second kappa shape index (κ2) is 7.49. The number of ether oxygens (including phenoxy) is 2. The van der Waals surface area contributed by atoms with Gasteiger partial charge in [0, 0.05) is 7.11 Å². The number of aliphatic hydroxyl groups excluding tert-OH is 1. The van der Waals surface area contributed by atoms with Crippen molar-refractivity contribution in [2.24, 2.45) is 0 Å². The fourth-order valence-electron chi connectivity index (χ4n) is 1.21. The van der Waals surface area contributed by atoms with Crippen molar-refractivity contribution in [3.63, 3.8) is 0 Å². The van der Waals surface area contributed by atoms with E-state index in [-0.39, 0.29) is 12.5 Å². The van der Waals surface area contributed by atoms with Crippen LogP contribution in [-0.2, 0) is 11.2 Å². The molecule has 90 valence electrons. The predicted octanol–water partition coefficient (Wildman–Crippen LogP) is 1.85. The second-order valence-corrected chi connectivity index (χ2v) is 3.81. The first kappa shape index (κ1) is 13.3. The minimum atomic E-state index is -0.616. The van der Waals surface area contributed by atoms with Gasteiger partial charge in [-0.1, -0.05) is 12.1 Å². The average Bonchev–Trinajstić information content (AvgIpc) is 2.34. The van der Waals surface area contributed by atoms with Crippen molar-refractivity contribution in [3.05, 3.63) is 29.8 Å². The number of halogens is 1. The van der Waals surface area contributed by atoms with Gasteiger partial charge in [0.1, 0.15) is 18.5 Å². The third kappa shape index (κ3) is 4.84. The van der Waals surface area contributed by atoms with Crippen LogP contribution in [0.25, 0.3) is 0 Å². The molecule has 0 fully saturated rings. The molecule has 0 aromatic heterocycles. The van der Waals surface area contributed by atoms with Crippen LogP contribution in [0.3, 0.4) is 0 Å². The zero-order valence-corrected chi connectivity index (χ0v) is 10.1. The van der Waals surface area contributed by atoms with Crippen molar-refractivity contribution in [2.75, 3.05) is 26.2 Å². The number of benzene rings is 1. The Balaban J connectivity index is 2.38. The van der Waals surface area contributed by atoms with Gasteiger partial charge in [-0.3, -0.25) is 0 Å². The molecule has 0 amide bonds. The highest BCUT2D eigenvalue weighted by atomic mass is 35.5. The van der Waals surface area contributed by atoms with Gasteiger partial charge in [-0.05, 0) is 24.1 Å². The summed E-state index contributed by atoms with van der Waals surface area (Å²) in [5.41, 5.74) is 1.20. The Kier molecular flexibility index (Phi) is 6.23. The Morgan fingerprint density at radius 2 is 2.00 bits per heavy atom. The zero-order valence-electron chi connectivity index (χ0n) is 9.36. The Morgan fingerprint density at radius 3 is 2.56 bits per heavy atom. The van der Waals surface area contributed by atoms with Crippen LogP contribution >= 0.6 is 11.6 Å². The van der Waals surface area contributed by atoms with E-state index >= 15 is 0 Å². The highest BCUT2D eigenvalue weighted by Gasteiger charge is 2.02. The first-order chi connectivity index (χ1) is 7.76. The van der Waals surface area contributed by atoms with Crippen LogP contribution in [0.4, 0.5) is 0 Å². The van der Waals surface area contributed by atoms with E-state index in [2.05, 4.69) is 0 Å². The van der Waals surface area contributed by atoms with Gasteiger partial charge in [0.05, 0.1) is 12.5 Å². The van der Waals surface area contributed by atoms with E-state index in [1.54, 1.807) is 7.11 Å².